The van der Waals surface area contributed by atoms with Crippen LogP contribution in [0.2, 0.25) is 0 Å². The Morgan fingerprint density at radius 2 is 1.94 bits per heavy atom. The molecular weight excluding hydrogens is 206 g/mol. The first-order chi connectivity index (χ1) is 7.35. The first kappa shape index (κ1) is 15.4. The molecule has 0 rings (SSSR count). The Morgan fingerprint density at radius 1 is 1.31 bits per heavy atom. The molecule has 0 aromatic heterocycles. The maximum Gasteiger partial charge on any atom is 0.307 e. The van der Waals surface area contributed by atoms with Crippen molar-refractivity contribution in [2.45, 2.75) is 58.6 Å². The third kappa shape index (κ3) is 9.93. The van der Waals surface area contributed by atoms with Crippen molar-refractivity contribution < 1.29 is 14.3 Å². The Bertz CT molecular complexity index is 199. The van der Waals surface area contributed by atoms with Gasteiger partial charge >= 0.3 is 5.97 Å². The lowest BCUT2D eigenvalue weighted by molar-refractivity contribution is -0.147. The zero-order chi connectivity index (χ0) is 12.6. The molecule has 0 bridgehead atoms. The molecular formula is C12H25NO3. The standard InChI is InChI=1S/C12H25NO3/c1-5-6-10(13)9-11(14)15-7-8-16-12(2,3)4/h10H,5-9,13H2,1-4H3. The number of rotatable bonds is 7. The van der Waals surface area contributed by atoms with Crippen LogP contribution in [-0.4, -0.2) is 30.8 Å². The molecule has 0 heterocycles. The van der Waals surface area contributed by atoms with Gasteiger partial charge in [0.2, 0.25) is 0 Å². The highest BCUT2D eigenvalue weighted by atomic mass is 16.6. The van der Waals surface area contributed by atoms with E-state index in [-0.39, 0.29) is 17.6 Å². The largest absolute Gasteiger partial charge is 0.463 e. The van der Waals surface area contributed by atoms with Crippen LogP contribution in [0.15, 0.2) is 0 Å². The number of hydrogen-bond donors (Lipinski definition) is 1. The summed E-state index contributed by atoms with van der Waals surface area (Å²) in [4.78, 5) is 11.3. The van der Waals surface area contributed by atoms with Gasteiger partial charge in [0.1, 0.15) is 6.61 Å². The lowest BCUT2D eigenvalue weighted by Crippen LogP contribution is -2.26. The van der Waals surface area contributed by atoms with Crippen molar-refractivity contribution in [3.63, 3.8) is 0 Å². The van der Waals surface area contributed by atoms with Crippen molar-refractivity contribution in [2.24, 2.45) is 5.73 Å². The maximum atomic E-state index is 11.3. The molecule has 0 saturated carbocycles. The molecule has 0 fully saturated rings. The van der Waals surface area contributed by atoms with Crippen LogP contribution < -0.4 is 5.73 Å². The first-order valence-corrected chi connectivity index (χ1v) is 5.90. The quantitative estimate of drug-likeness (QED) is 0.536. The molecule has 0 aliphatic heterocycles. The Kier molecular flexibility index (Phi) is 7.34. The van der Waals surface area contributed by atoms with Crippen molar-refractivity contribution in [1.29, 1.82) is 0 Å². The predicted molar refractivity (Wildman–Crippen MR) is 64.2 cm³/mol. The van der Waals surface area contributed by atoms with Crippen LogP contribution in [0.4, 0.5) is 0 Å². The Balaban J connectivity index is 3.51. The summed E-state index contributed by atoms with van der Waals surface area (Å²) in [5.74, 6) is -0.238. The second kappa shape index (κ2) is 7.63. The molecule has 4 heteroatoms. The minimum atomic E-state index is -0.238. The summed E-state index contributed by atoms with van der Waals surface area (Å²) in [5.41, 5.74) is 5.54. The van der Waals surface area contributed by atoms with E-state index in [1.54, 1.807) is 0 Å². The third-order valence-corrected chi connectivity index (χ3v) is 1.97. The van der Waals surface area contributed by atoms with Crippen molar-refractivity contribution in [2.75, 3.05) is 13.2 Å². The van der Waals surface area contributed by atoms with Crippen LogP contribution in [-0.2, 0) is 14.3 Å². The Hall–Kier alpha value is -0.610. The van der Waals surface area contributed by atoms with E-state index in [0.29, 0.717) is 19.6 Å². The summed E-state index contributed by atoms with van der Waals surface area (Å²) in [6.07, 6.45) is 2.14. The van der Waals surface area contributed by atoms with E-state index >= 15 is 0 Å². The van der Waals surface area contributed by atoms with Gasteiger partial charge in [0.25, 0.3) is 0 Å². The van der Waals surface area contributed by atoms with E-state index in [1.807, 2.05) is 27.7 Å². The minimum absolute atomic E-state index is 0.0824. The zero-order valence-electron chi connectivity index (χ0n) is 10.9. The van der Waals surface area contributed by atoms with Gasteiger partial charge in [0, 0.05) is 6.04 Å². The highest BCUT2D eigenvalue weighted by molar-refractivity contribution is 5.70. The van der Waals surface area contributed by atoms with Gasteiger partial charge in [-0.1, -0.05) is 13.3 Å². The summed E-state index contributed by atoms with van der Waals surface area (Å²) in [7, 11) is 0. The predicted octanol–water partition coefficient (Wildman–Crippen LogP) is 1.86. The van der Waals surface area contributed by atoms with Gasteiger partial charge in [-0.25, -0.2) is 0 Å². The van der Waals surface area contributed by atoms with Crippen LogP contribution >= 0.6 is 0 Å². The second-order valence-electron chi connectivity index (χ2n) is 4.93. The molecule has 0 amide bonds. The van der Waals surface area contributed by atoms with Gasteiger partial charge in [-0.15, -0.1) is 0 Å². The summed E-state index contributed by atoms with van der Waals surface area (Å²) < 4.78 is 10.4. The van der Waals surface area contributed by atoms with Crippen molar-refractivity contribution in [1.82, 2.24) is 0 Å². The molecule has 96 valence electrons. The van der Waals surface area contributed by atoms with E-state index in [1.165, 1.54) is 0 Å². The molecule has 1 unspecified atom stereocenters. The maximum absolute atomic E-state index is 11.3. The Labute approximate surface area is 98.5 Å². The van der Waals surface area contributed by atoms with Crippen molar-refractivity contribution in [3.05, 3.63) is 0 Å². The highest BCUT2D eigenvalue weighted by Crippen LogP contribution is 2.06. The smallest absolute Gasteiger partial charge is 0.307 e. The summed E-state index contributed by atoms with van der Waals surface area (Å²) in [6.45, 7) is 8.67. The molecule has 0 saturated heterocycles. The van der Waals surface area contributed by atoms with Crippen LogP contribution in [0.3, 0.4) is 0 Å². The molecule has 0 spiro atoms. The zero-order valence-corrected chi connectivity index (χ0v) is 10.9. The average Bonchev–Trinajstić information content (AvgIpc) is 2.11. The summed E-state index contributed by atoms with van der Waals surface area (Å²) in [6, 6.07) is -0.0824. The van der Waals surface area contributed by atoms with Crippen molar-refractivity contribution >= 4 is 5.97 Å². The molecule has 16 heavy (non-hydrogen) atoms. The van der Waals surface area contributed by atoms with E-state index in [4.69, 9.17) is 15.2 Å². The molecule has 0 aliphatic rings. The number of nitrogens with two attached hydrogens (primary N) is 1. The molecule has 1 atom stereocenters. The molecule has 0 aliphatic carbocycles. The van der Waals surface area contributed by atoms with Crippen LogP contribution in [0, 0.1) is 0 Å². The fraction of sp³-hybridized carbons (Fsp3) is 0.917. The fourth-order valence-electron chi connectivity index (χ4n) is 1.25. The number of carbonyl (C=O) groups is 1. The number of carbonyl (C=O) groups excluding carboxylic acids is 1. The van der Waals surface area contributed by atoms with E-state index in [9.17, 15) is 4.79 Å². The lowest BCUT2D eigenvalue weighted by Gasteiger charge is -2.19. The van der Waals surface area contributed by atoms with Crippen LogP contribution in [0.1, 0.15) is 47.0 Å². The van der Waals surface area contributed by atoms with Gasteiger partial charge in [0.15, 0.2) is 0 Å². The van der Waals surface area contributed by atoms with Gasteiger partial charge in [0.05, 0.1) is 18.6 Å². The number of ether oxygens (including phenoxy) is 2. The second-order valence-corrected chi connectivity index (χ2v) is 4.93. The van der Waals surface area contributed by atoms with Crippen LogP contribution in [0.5, 0.6) is 0 Å². The van der Waals surface area contributed by atoms with Gasteiger partial charge < -0.3 is 15.2 Å². The van der Waals surface area contributed by atoms with Gasteiger partial charge in [-0.3, -0.25) is 4.79 Å². The fourth-order valence-corrected chi connectivity index (χ4v) is 1.25. The number of esters is 1. The first-order valence-electron chi connectivity index (χ1n) is 5.90. The van der Waals surface area contributed by atoms with Gasteiger partial charge in [-0.05, 0) is 27.2 Å². The highest BCUT2D eigenvalue weighted by Gasteiger charge is 2.12. The van der Waals surface area contributed by atoms with E-state index < -0.39 is 0 Å². The Morgan fingerprint density at radius 3 is 2.44 bits per heavy atom. The van der Waals surface area contributed by atoms with E-state index in [2.05, 4.69) is 0 Å². The third-order valence-electron chi connectivity index (χ3n) is 1.97. The summed E-state index contributed by atoms with van der Waals surface area (Å²) >= 11 is 0. The topological polar surface area (TPSA) is 61.6 Å². The van der Waals surface area contributed by atoms with Gasteiger partial charge in [-0.2, -0.15) is 0 Å². The SMILES string of the molecule is CCCC(N)CC(=O)OCCOC(C)(C)C. The molecule has 0 aromatic rings. The lowest BCUT2D eigenvalue weighted by atomic mass is 10.1. The minimum Gasteiger partial charge on any atom is -0.463 e. The average molecular weight is 231 g/mol. The molecule has 0 radical (unpaired) electrons. The summed E-state index contributed by atoms with van der Waals surface area (Å²) in [5, 5.41) is 0. The van der Waals surface area contributed by atoms with E-state index in [0.717, 1.165) is 12.8 Å². The van der Waals surface area contributed by atoms with Crippen LogP contribution in [0.25, 0.3) is 0 Å². The monoisotopic (exact) mass is 231 g/mol. The molecule has 4 nitrogen and oxygen atoms in total. The number of hydrogen-bond acceptors (Lipinski definition) is 4. The molecule has 0 aromatic carbocycles. The van der Waals surface area contributed by atoms with Crippen molar-refractivity contribution in [3.8, 4) is 0 Å². The normalized spacial score (nSPS) is 13.6. The molecule has 2 N–H and O–H groups in total.